The molecule has 0 atom stereocenters. The maximum absolute atomic E-state index is 12.6. The van der Waals surface area contributed by atoms with Gasteiger partial charge in [-0.1, -0.05) is 17.7 Å². The Morgan fingerprint density at radius 2 is 1.86 bits per heavy atom. The Kier molecular flexibility index (Phi) is 5.19. The van der Waals surface area contributed by atoms with E-state index in [0.717, 1.165) is 9.75 Å². The zero-order chi connectivity index (χ0) is 19.7. The SMILES string of the molecule is Cc1ccc(C(=O)N2CCN(c3ccc(=O)n(-c4cccc(Cl)c4)n3)CC2)s1. The van der Waals surface area contributed by atoms with Crippen molar-refractivity contribution >= 4 is 34.7 Å². The Morgan fingerprint density at radius 3 is 2.54 bits per heavy atom. The van der Waals surface area contributed by atoms with Crippen molar-refractivity contribution in [1.29, 1.82) is 0 Å². The monoisotopic (exact) mass is 414 g/mol. The summed E-state index contributed by atoms with van der Waals surface area (Å²) in [6, 6.07) is 14.1. The van der Waals surface area contributed by atoms with Gasteiger partial charge in [-0.3, -0.25) is 9.59 Å². The van der Waals surface area contributed by atoms with E-state index in [1.54, 1.807) is 30.3 Å². The molecule has 6 nitrogen and oxygen atoms in total. The molecule has 1 aromatic carbocycles. The second-order valence-electron chi connectivity index (χ2n) is 6.61. The zero-order valence-electron chi connectivity index (χ0n) is 15.3. The molecular formula is C20H19ClN4O2S. The van der Waals surface area contributed by atoms with Crippen molar-refractivity contribution in [2.75, 3.05) is 31.1 Å². The summed E-state index contributed by atoms with van der Waals surface area (Å²) in [4.78, 5) is 30.7. The molecule has 8 heteroatoms. The molecule has 1 aliphatic rings. The van der Waals surface area contributed by atoms with Crippen LogP contribution >= 0.6 is 22.9 Å². The van der Waals surface area contributed by atoms with Crippen LogP contribution in [0, 0.1) is 6.92 Å². The quantitative estimate of drug-likeness (QED) is 0.660. The minimum Gasteiger partial charge on any atom is -0.352 e. The fourth-order valence-electron chi connectivity index (χ4n) is 3.21. The third-order valence-electron chi connectivity index (χ3n) is 4.68. The molecule has 4 rings (SSSR count). The predicted molar refractivity (Wildman–Crippen MR) is 112 cm³/mol. The number of hydrogen-bond acceptors (Lipinski definition) is 5. The fraction of sp³-hybridized carbons (Fsp3) is 0.250. The summed E-state index contributed by atoms with van der Waals surface area (Å²) in [5.41, 5.74) is 0.411. The van der Waals surface area contributed by atoms with Crippen molar-refractivity contribution in [1.82, 2.24) is 14.7 Å². The molecule has 1 fully saturated rings. The molecule has 0 aliphatic carbocycles. The molecule has 1 aliphatic heterocycles. The molecule has 3 aromatic rings. The molecular weight excluding hydrogens is 396 g/mol. The number of thiophene rings is 1. The Morgan fingerprint density at radius 1 is 1.07 bits per heavy atom. The molecule has 28 heavy (non-hydrogen) atoms. The lowest BCUT2D eigenvalue weighted by Gasteiger charge is -2.35. The van der Waals surface area contributed by atoms with Gasteiger partial charge in [0.25, 0.3) is 11.5 Å². The summed E-state index contributed by atoms with van der Waals surface area (Å²) in [6.45, 7) is 4.56. The Labute approximate surface area is 171 Å². The summed E-state index contributed by atoms with van der Waals surface area (Å²) in [7, 11) is 0. The van der Waals surface area contributed by atoms with Gasteiger partial charge in [-0.25, -0.2) is 0 Å². The van der Waals surface area contributed by atoms with Crippen molar-refractivity contribution in [2.24, 2.45) is 0 Å². The number of hydrogen-bond donors (Lipinski definition) is 0. The average molecular weight is 415 g/mol. The average Bonchev–Trinajstić information content (AvgIpc) is 3.14. The van der Waals surface area contributed by atoms with E-state index >= 15 is 0 Å². The number of benzene rings is 1. The fourth-order valence-corrected chi connectivity index (χ4v) is 4.23. The van der Waals surface area contributed by atoms with Crippen LogP contribution in [0.5, 0.6) is 0 Å². The molecule has 3 heterocycles. The molecule has 2 aromatic heterocycles. The van der Waals surface area contributed by atoms with Crippen molar-refractivity contribution < 1.29 is 4.79 Å². The lowest BCUT2D eigenvalue weighted by Crippen LogP contribution is -2.49. The number of nitrogens with zero attached hydrogens (tertiary/aromatic N) is 4. The Balaban J connectivity index is 1.50. The molecule has 0 bridgehead atoms. The summed E-state index contributed by atoms with van der Waals surface area (Å²) < 4.78 is 1.35. The molecule has 1 amide bonds. The zero-order valence-corrected chi connectivity index (χ0v) is 16.9. The summed E-state index contributed by atoms with van der Waals surface area (Å²) >= 11 is 7.57. The number of rotatable bonds is 3. The summed E-state index contributed by atoms with van der Waals surface area (Å²) in [5.74, 6) is 0.785. The maximum Gasteiger partial charge on any atom is 0.271 e. The van der Waals surface area contributed by atoms with Gasteiger partial charge in [-0.15, -0.1) is 16.4 Å². The highest BCUT2D eigenvalue weighted by molar-refractivity contribution is 7.13. The first kappa shape index (κ1) is 18.7. The van der Waals surface area contributed by atoms with Crippen LogP contribution in [0.3, 0.4) is 0 Å². The van der Waals surface area contributed by atoms with Gasteiger partial charge in [0, 0.05) is 42.1 Å². The highest BCUT2D eigenvalue weighted by Gasteiger charge is 2.24. The predicted octanol–water partition coefficient (Wildman–Crippen LogP) is 3.22. The summed E-state index contributed by atoms with van der Waals surface area (Å²) in [5, 5.41) is 5.06. The Hall–Kier alpha value is -2.64. The van der Waals surface area contributed by atoms with Crippen molar-refractivity contribution in [3.63, 3.8) is 0 Å². The minimum absolute atomic E-state index is 0.0783. The smallest absolute Gasteiger partial charge is 0.271 e. The van der Waals surface area contributed by atoms with E-state index in [0.29, 0.717) is 42.7 Å². The third kappa shape index (κ3) is 3.81. The van der Waals surface area contributed by atoms with Crippen molar-refractivity contribution in [2.45, 2.75) is 6.92 Å². The van der Waals surface area contributed by atoms with Crippen molar-refractivity contribution in [3.8, 4) is 5.69 Å². The number of amides is 1. The van der Waals surface area contributed by atoms with Gasteiger partial charge in [-0.2, -0.15) is 4.68 Å². The van der Waals surface area contributed by atoms with Gasteiger partial charge in [0.1, 0.15) is 5.82 Å². The molecule has 0 radical (unpaired) electrons. The van der Waals surface area contributed by atoms with E-state index < -0.39 is 0 Å². The first-order valence-corrected chi connectivity index (χ1v) is 10.2. The molecule has 0 N–H and O–H groups in total. The topological polar surface area (TPSA) is 58.4 Å². The van der Waals surface area contributed by atoms with Gasteiger partial charge in [0.15, 0.2) is 0 Å². The van der Waals surface area contributed by atoms with E-state index in [2.05, 4.69) is 10.00 Å². The molecule has 144 valence electrons. The van der Waals surface area contributed by atoms with Crippen LogP contribution in [-0.2, 0) is 0 Å². The largest absolute Gasteiger partial charge is 0.352 e. The van der Waals surface area contributed by atoms with Gasteiger partial charge in [0.2, 0.25) is 0 Å². The highest BCUT2D eigenvalue weighted by Crippen LogP contribution is 2.20. The first-order valence-electron chi connectivity index (χ1n) is 8.98. The number of carbonyl (C=O) groups excluding carboxylic acids is 1. The van der Waals surface area contributed by atoms with Crippen molar-refractivity contribution in [3.05, 3.63) is 73.7 Å². The van der Waals surface area contributed by atoms with E-state index in [1.807, 2.05) is 24.0 Å². The lowest BCUT2D eigenvalue weighted by molar-refractivity contribution is 0.0751. The van der Waals surface area contributed by atoms with E-state index in [4.69, 9.17) is 11.6 Å². The molecule has 1 saturated heterocycles. The van der Waals surface area contributed by atoms with E-state index in [9.17, 15) is 9.59 Å². The normalized spacial score (nSPS) is 14.4. The summed E-state index contributed by atoms with van der Waals surface area (Å²) in [6.07, 6.45) is 0. The number of aromatic nitrogens is 2. The Bertz CT molecular complexity index is 1070. The second-order valence-corrected chi connectivity index (χ2v) is 8.34. The first-order chi connectivity index (χ1) is 13.5. The molecule has 0 spiro atoms. The van der Waals surface area contributed by atoms with Crippen LogP contribution in [0.2, 0.25) is 5.02 Å². The van der Waals surface area contributed by atoms with Crippen LogP contribution in [0.4, 0.5) is 5.82 Å². The number of piperazine rings is 1. The lowest BCUT2D eigenvalue weighted by atomic mass is 10.3. The standard InChI is InChI=1S/C20H19ClN4O2S/c1-14-5-6-17(28-14)20(27)24-11-9-23(10-12-24)18-7-8-19(26)25(22-18)16-4-2-3-15(21)13-16/h2-8,13H,9-12H2,1H3. The minimum atomic E-state index is -0.215. The number of halogens is 1. The molecule has 0 unspecified atom stereocenters. The number of aryl methyl sites for hydroxylation is 1. The van der Waals surface area contributed by atoms with Gasteiger partial charge >= 0.3 is 0 Å². The van der Waals surface area contributed by atoms with Gasteiger partial charge < -0.3 is 9.80 Å². The number of anilines is 1. The number of carbonyl (C=O) groups is 1. The van der Waals surface area contributed by atoms with E-state index in [-0.39, 0.29) is 11.5 Å². The van der Waals surface area contributed by atoms with Gasteiger partial charge in [0.05, 0.1) is 10.6 Å². The van der Waals surface area contributed by atoms with Crippen LogP contribution in [0.1, 0.15) is 14.5 Å². The van der Waals surface area contributed by atoms with Crippen LogP contribution in [0.25, 0.3) is 5.69 Å². The van der Waals surface area contributed by atoms with E-state index in [1.165, 1.54) is 22.1 Å². The van der Waals surface area contributed by atoms with Crippen LogP contribution < -0.4 is 10.5 Å². The highest BCUT2D eigenvalue weighted by atomic mass is 35.5. The second kappa shape index (κ2) is 7.77. The third-order valence-corrected chi connectivity index (χ3v) is 5.90. The van der Waals surface area contributed by atoms with Gasteiger partial charge in [-0.05, 0) is 43.3 Å². The molecule has 0 saturated carbocycles. The van der Waals surface area contributed by atoms with Crippen LogP contribution in [0.15, 0.2) is 53.3 Å². The van der Waals surface area contributed by atoms with Crippen LogP contribution in [-0.4, -0.2) is 46.8 Å². The maximum atomic E-state index is 12.6.